The van der Waals surface area contributed by atoms with E-state index >= 15 is 0 Å². The maximum Gasteiger partial charge on any atom is 0.239 e. The first kappa shape index (κ1) is 11.6. The molecule has 1 aliphatic heterocycles. The Morgan fingerprint density at radius 1 is 1.64 bits per heavy atom. The third kappa shape index (κ3) is 3.35. The first-order valence-electron chi connectivity index (χ1n) is 4.94. The second kappa shape index (κ2) is 6.09. The zero-order valence-corrected chi connectivity index (χ0v) is 9.43. The van der Waals surface area contributed by atoms with E-state index in [-0.39, 0.29) is 11.9 Å². The van der Waals surface area contributed by atoms with Crippen LogP contribution in [-0.4, -0.2) is 41.9 Å². The van der Waals surface area contributed by atoms with Gasteiger partial charge in [0.25, 0.3) is 0 Å². The fourth-order valence-electron chi connectivity index (χ4n) is 1.44. The van der Waals surface area contributed by atoms with Crippen LogP contribution in [-0.2, 0) is 4.79 Å². The van der Waals surface area contributed by atoms with Crippen molar-refractivity contribution in [2.24, 2.45) is 5.73 Å². The summed E-state index contributed by atoms with van der Waals surface area (Å²) < 4.78 is 0. The van der Waals surface area contributed by atoms with E-state index in [4.69, 9.17) is 5.73 Å². The van der Waals surface area contributed by atoms with Crippen molar-refractivity contribution in [3.05, 3.63) is 12.2 Å². The van der Waals surface area contributed by atoms with Crippen molar-refractivity contribution in [1.29, 1.82) is 0 Å². The molecule has 0 spiro atoms. The Bertz CT molecular complexity index is 218. The molecule has 1 atom stereocenters. The van der Waals surface area contributed by atoms with E-state index in [0.29, 0.717) is 0 Å². The Hall–Kier alpha value is -0.480. The molecular formula is C10H18N2OS. The number of amides is 1. The lowest BCUT2D eigenvalue weighted by Gasteiger charge is -2.26. The van der Waals surface area contributed by atoms with Crippen molar-refractivity contribution in [3.8, 4) is 0 Å². The first-order chi connectivity index (χ1) is 6.75. The summed E-state index contributed by atoms with van der Waals surface area (Å²) in [7, 11) is 0. The highest BCUT2D eigenvalue weighted by Gasteiger charge is 2.20. The van der Waals surface area contributed by atoms with Crippen LogP contribution < -0.4 is 5.73 Å². The molecule has 1 amide bonds. The van der Waals surface area contributed by atoms with Gasteiger partial charge in [-0.1, -0.05) is 12.2 Å². The topological polar surface area (TPSA) is 46.3 Å². The summed E-state index contributed by atoms with van der Waals surface area (Å²) in [5, 5.41) is 0. The van der Waals surface area contributed by atoms with E-state index in [1.54, 1.807) is 11.8 Å². The van der Waals surface area contributed by atoms with Gasteiger partial charge in [0.2, 0.25) is 5.91 Å². The second-order valence-corrected chi connectivity index (χ2v) is 4.42. The van der Waals surface area contributed by atoms with Gasteiger partial charge in [-0.2, -0.15) is 11.8 Å². The lowest BCUT2D eigenvalue weighted by atomic mass is 10.1. The summed E-state index contributed by atoms with van der Waals surface area (Å²) in [6.07, 6.45) is 7.90. The molecule has 3 nitrogen and oxygen atoms in total. The van der Waals surface area contributed by atoms with Gasteiger partial charge < -0.3 is 10.6 Å². The monoisotopic (exact) mass is 214 g/mol. The summed E-state index contributed by atoms with van der Waals surface area (Å²) in [4.78, 5) is 13.6. The maximum absolute atomic E-state index is 11.8. The largest absolute Gasteiger partial charge is 0.337 e. The minimum Gasteiger partial charge on any atom is -0.337 e. The highest BCUT2D eigenvalue weighted by Crippen LogP contribution is 2.06. The number of nitrogens with two attached hydrogens (primary N) is 1. The lowest BCUT2D eigenvalue weighted by molar-refractivity contribution is -0.132. The average Bonchev–Trinajstić information content (AvgIpc) is 2.26. The number of carbonyl (C=O) groups excluding carboxylic acids is 1. The number of carbonyl (C=O) groups is 1. The first-order valence-corrected chi connectivity index (χ1v) is 6.33. The Morgan fingerprint density at radius 3 is 3.00 bits per heavy atom. The molecule has 1 heterocycles. The Kier molecular flexibility index (Phi) is 5.04. The molecule has 1 rings (SSSR count). The summed E-state index contributed by atoms with van der Waals surface area (Å²) in [5.74, 6) is 1.06. The number of nitrogens with zero attached hydrogens (tertiary/aromatic N) is 1. The Labute approximate surface area is 89.7 Å². The molecule has 0 saturated carbocycles. The predicted molar refractivity (Wildman–Crippen MR) is 61.3 cm³/mol. The Balaban J connectivity index is 2.35. The molecule has 1 aliphatic rings. The van der Waals surface area contributed by atoms with E-state index in [1.165, 1.54) is 0 Å². The number of rotatable bonds is 4. The fourth-order valence-corrected chi connectivity index (χ4v) is 1.93. The van der Waals surface area contributed by atoms with Gasteiger partial charge in [0.1, 0.15) is 0 Å². The molecule has 0 unspecified atom stereocenters. The summed E-state index contributed by atoms with van der Waals surface area (Å²) in [6.45, 7) is 1.55. The van der Waals surface area contributed by atoms with Crippen LogP contribution in [0.2, 0.25) is 0 Å². The van der Waals surface area contributed by atoms with E-state index < -0.39 is 0 Å². The van der Waals surface area contributed by atoms with Crippen molar-refractivity contribution < 1.29 is 4.79 Å². The van der Waals surface area contributed by atoms with Gasteiger partial charge in [-0.3, -0.25) is 4.79 Å². The molecule has 0 saturated heterocycles. The van der Waals surface area contributed by atoms with Crippen LogP contribution >= 0.6 is 11.8 Å². The van der Waals surface area contributed by atoms with E-state index in [9.17, 15) is 4.79 Å². The summed E-state index contributed by atoms with van der Waals surface area (Å²) in [6, 6.07) is -0.311. The molecule has 80 valence electrons. The third-order valence-electron chi connectivity index (χ3n) is 2.32. The predicted octanol–water partition coefficient (Wildman–Crippen LogP) is 0.855. The second-order valence-electron chi connectivity index (χ2n) is 3.43. The van der Waals surface area contributed by atoms with Crippen molar-refractivity contribution in [2.75, 3.05) is 25.1 Å². The van der Waals surface area contributed by atoms with Crippen molar-refractivity contribution >= 4 is 17.7 Å². The number of thioether (sulfide) groups is 1. The molecule has 0 aliphatic carbocycles. The average molecular weight is 214 g/mol. The molecule has 0 radical (unpaired) electrons. The number of hydrogen-bond donors (Lipinski definition) is 1. The van der Waals surface area contributed by atoms with Crippen molar-refractivity contribution in [2.45, 2.75) is 18.9 Å². The van der Waals surface area contributed by atoms with Gasteiger partial charge in [0.15, 0.2) is 0 Å². The highest BCUT2D eigenvalue weighted by molar-refractivity contribution is 7.98. The van der Waals surface area contributed by atoms with Crippen LogP contribution in [0.4, 0.5) is 0 Å². The molecule has 0 aromatic heterocycles. The highest BCUT2D eigenvalue weighted by atomic mass is 32.2. The Morgan fingerprint density at radius 2 is 2.43 bits per heavy atom. The van der Waals surface area contributed by atoms with Crippen LogP contribution in [0, 0.1) is 0 Å². The minimum atomic E-state index is -0.311. The van der Waals surface area contributed by atoms with Gasteiger partial charge >= 0.3 is 0 Å². The smallest absolute Gasteiger partial charge is 0.239 e. The van der Waals surface area contributed by atoms with Crippen LogP contribution in [0.3, 0.4) is 0 Å². The molecule has 2 N–H and O–H groups in total. The summed E-state index contributed by atoms with van der Waals surface area (Å²) in [5.41, 5.74) is 5.81. The van der Waals surface area contributed by atoms with E-state index in [0.717, 1.165) is 31.7 Å². The standard InChI is InChI=1S/C10H18N2OS/c1-14-8-5-9(11)10(13)12-6-3-2-4-7-12/h2-3,9H,4-8,11H2,1H3/t9-/m1/s1. The van der Waals surface area contributed by atoms with Crippen LogP contribution in [0.1, 0.15) is 12.8 Å². The zero-order chi connectivity index (χ0) is 10.4. The third-order valence-corrected chi connectivity index (χ3v) is 2.96. The molecule has 0 fully saturated rings. The van der Waals surface area contributed by atoms with Crippen LogP contribution in [0.5, 0.6) is 0 Å². The van der Waals surface area contributed by atoms with Gasteiger partial charge in [-0.15, -0.1) is 0 Å². The van der Waals surface area contributed by atoms with Crippen molar-refractivity contribution in [3.63, 3.8) is 0 Å². The molecule has 0 aromatic carbocycles. The quantitative estimate of drug-likeness (QED) is 0.706. The molecule has 14 heavy (non-hydrogen) atoms. The lowest BCUT2D eigenvalue weighted by Crippen LogP contribution is -2.45. The van der Waals surface area contributed by atoms with Crippen molar-refractivity contribution in [1.82, 2.24) is 4.90 Å². The SMILES string of the molecule is CSCC[C@@H](N)C(=O)N1CC=CCC1. The maximum atomic E-state index is 11.8. The van der Waals surface area contributed by atoms with Crippen LogP contribution in [0.15, 0.2) is 12.2 Å². The normalized spacial score (nSPS) is 18.3. The molecule has 0 bridgehead atoms. The molecule has 0 aromatic rings. The van der Waals surface area contributed by atoms with Crippen LogP contribution in [0.25, 0.3) is 0 Å². The van der Waals surface area contributed by atoms with Gasteiger partial charge in [-0.05, 0) is 24.9 Å². The van der Waals surface area contributed by atoms with Gasteiger partial charge in [0.05, 0.1) is 6.04 Å². The van der Waals surface area contributed by atoms with E-state index in [2.05, 4.69) is 6.08 Å². The van der Waals surface area contributed by atoms with E-state index in [1.807, 2.05) is 17.2 Å². The molecule has 4 heteroatoms. The summed E-state index contributed by atoms with van der Waals surface area (Å²) >= 11 is 1.73. The molecular weight excluding hydrogens is 196 g/mol. The number of hydrogen-bond acceptors (Lipinski definition) is 3. The minimum absolute atomic E-state index is 0.100. The zero-order valence-electron chi connectivity index (χ0n) is 8.61. The fraction of sp³-hybridized carbons (Fsp3) is 0.700. The van der Waals surface area contributed by atoms with Gasteiger partial charge in [-0.25, -0.2) is 0 Å². The van der Waals surface area contributed by atoms with Gasteiger partial charge in [0, 0.05) is 13.1 Å².